The molecule has 7 nitrogen and oxygen atoms in total. The number of carbonyl (C=O) groups is 1. The largest absolute Gasteiger partial charge is 0.335 e. The van der Waals surface area contributed by atoms with Crippen LogP contribution in [0.2, 0.25) is 0 Å². The van der Waals surface area contributed by atoms with Gasteiger partial charge in [0.2, 0.25) is 0 Å². The van der Waals surface area contributed by atoms with Gasteiger partial charge < -0.3 is 4.90 Å². The number of benzene rings is 2. The van der Waals surface area contributed by atoms with E-state index in [9.17, 15) is 9.59 Å². The SMILES string of the molecule is CCCCCn1nc(C(=O)N2CCN(Cc3nc4ccccc4s3)CC2)c2ccccc2c1=O. The quantitative estimate of drug-likeness (QED) is 0.376. The summed E-state index contributed by atoms with van der Waals surface area (Å²) in [5.74, 6) is -0.0971. The number of aromatic nitrogens is 3. The van der Waals surface area contributed by atoms with Crippen LogP contribution in [0.25, 0.3) is 21.0 Å². The van der Waals surface area contributed by atoms with Crippen molar-refractivity contribution in [2.24, 2.45) is 0 Å². The van der Waals surface area contributed by atoms with Gasteiger partial charge in [0, 0.05) is 38.1 Å². The maximum atomic E-state index is 13.5. The van der Waals surface area contributed by atoms with Gasteiger partial charge in [0.1, 0.15) is 5.01 Å². The van der Waals surface area contributed by atoms with E-state index in [1.807, 2.05) is 41.3 Å². The number of hydrogen-bond donors (Lipinski definition) is 0. The normalized spacial score (nSPS) is 14.8. The number of unbranched alkanes of at least 4 members (excludes halogenated alkanes) is 2. The lowest BCUT2D eigenvalue weighted by Gasteiger charge is -2.34. The van der Waals surface area contributed by atoms with Crippen LogP contribution in [-0.4, -0.2) is 56.7 Å². The Labute approximate surface area is 202 Å². The van der Waals surface area contributed by atoms with Crippen molar-refractivity contribution in [2.45, 2.75) is 39.3 Å². The lowest BCUT2D eigenvalue weighted by Crippen LogP contribution is -2.48. The average molecular weight is 476 g/mol. The summed E-state index contributed by atoms with van der Waals surface area (Å²) in [5, 5.41) is 6.86. The zero-order chi connectivity index (χ0) is 23.5. The number of aryl methyl sites for hydroxylation is 1. The summed E-state index contributed by atoms with van der Waals surface area (Å²) in [6.07, 6.45) is 2.97. The summed E-state index contributed by atoms with van der Waals surface area (Å²) >= 11 is 1.73. The van der Waals surface area contributed by atoms with Crippen LogP contribution in [0.3, 0.4) is 0 Å². The van der Waals surface area contributed by atoms with Gasteiger partial charge in [-0.25, -0.2) is 9.67 Å². The third-order valence-electron chi connectivity index (χ3n) is 6.40. The molecule has 176 valence electrons. The molecule has 2 aromatic carbocycles. The molecule has 1 amide bonds. The Morgan fingerprint density at radius 2 is 1.71 bits per heavy atom. The van der Waals surface area contributed by atoms with E-state index in [0.717, 1.165) is 49.4 Å². The molecule has 0 radical (unpaired) electrons. The van der Waals surface area contributed by atoms with E-state index in [2.05, 4.69) is 23.0 Å². The van der Waals surface area contributed by atoms with Gasteiger partial charge >= 0.3 is 0 Å². The summed E-state index contributed by atoms with van der Waals surface area (Å²) in [4.78, 5) is 35.4. The monoisotopic (exact) mass is 475 g/mol. The molecule has 0 N–H and O–H groups in total. The van der Waals surface area contributed by atoms with Gasteiger partial charge in [-0.1, -0.05) is 50.1 Å². The molecule has 1 fully saturated rings. The molecule has 34 heavy (non-hydrogen) atoms. The predicted molar refractivity (Wildman–Crippen MR) is 136 cm³/mol. The standard InChI is InChI=1S/C26H29N5O2S/c1-2-3-8-13-31-25(32)20-10-5-4-9-19(20)24(28-31)26(33)30-16-14-29(15-17-30)18-23-27-21-11-6-7-12-22(21)34-23/h4-7,9-12H,2-3,8,13-18H2,1H3. The van der Waals surface area contributed by atoms with E-state index in [4.69, 9.17) is 4.98 Å². The minimum Gasteiger partial charge on any atom is -0.335 e. The van der Waals surface area contributed by atoms with E-state index in [-0.39, 0.29) is 11.5 Å². The van der Waals surface area contributed by atoms with Crippen LogP contribution in [0.15, 0.2) is 53.3 Å². The van der Waals surface area contributed by atoms with Crippen LogP contribution in [-0.2, 0) is 13.1 Å². The van der Waals surface area contributed by atoms with Gasteiger partial charge in [-0.15, -0.1) is 11.3 Å². The summed E-state index contributed by atoms with van der Waals surface area (Å²) in [7, 11) is 0. The van der Waals surface area contributed by atoms with E-state index in [0.29, 0.717) is 36.1 Å². The lowest BCUT2D eigenvalue weighted by molar-refractivity contribution is 0.0622. The molecule has 0 spiro atoms. The fraction of sp³-hybridized carbons (Fsp3) is 0.385. The van der Waals surface area contributed by atoms with E-state index in [1.165, 1.54) is 9.38 Å². The molecule has 0 unspecified atom stereocenters. The Morgan fingerprint density at radius 3 is 2.47 bits per heavy atom. The molecule has 0 atom stereocenters. The van der Waals surface area contributed by atoms with Crippen molar-refractivity contribution in [1.29, 1.82) is 0 Å². The highest BCUT2D eigenvalue weighted by molar-refractivity contribution is 7.18. The number of thiazole rings is 1. The zero-order valence-corrected chi connectivity index (χ0v) is 20.3. The number of para-hydroxylation sites is 1. The molecule has 5 rings (SSSR count). The second-order valence-corrected chi connectivity index (χ2v) is 9.89. The van der Waals surface area contributed by atoms with Gasteiger partial charge in [-0.3, -0.25) is 14.5 Å². The fourth-order valence-corrected chi connectivity index (χ4v) is 5.50. The van der Waals surface area contributed by atoms with Crippen molar-refractivity contribution < 1.29 is 4.79 Å². The zero-order valence-electron chi connectivity index (χ0n) is 19.4. The van der Waals surface area contributed by atoms with Gasteiger partial charge in [0.15, 0.2) is 5.69 Å². The van der Waals surface area contributed by atoms with Crippen molar-refractivity contribution >= 4 is 38.2 Å². The highest BCUT2D eigenvalue weighted by atomic mass is 32.1. The predicted octanol–water partition coefficient (Wildman–Crippen LogP) is 4.15. The maximum absolute atomic E-state index is 13.5. The van der Waals surface area contributed by atoms with Gasteiger partial charge in [0.25, 0.3) is 11.5 Å². The Balaban J connectivity index is 1.31. The number of piperazine rings is 1. The van der Waals surface area contributed by atoms with Crippen molar-refractivity contribution in [1.82, 2.24) is 24.6 Å². The average Bonchev–Trinajstić information content (AvgIpc) is 3.28. The summed E-state index contributed by atoms with van der Waals surface area (Å²) in [5.41, 5.74) is 1.30. The third-order valence-corrected chi connectivity index (χ3v) is 7.42. The summed E-state index contributed by atoms with van der Waals surface area (Å²) < 4.78 is 2.69. The summed E-state index contributed by atoms with van der Waals surface area (Å²) in [6.45, 7) is 6.30. The molecule has 0 saturated carbocycles. The van der Waals surface area contributed by atoms with Gasteiger partial charge in [-0.2, -0.15) is 5.10 Å². The minimum absolute atomic E-state index is 0.0971. The van der Waals surface area contributed by atoms with E-state index >= 15 is 0 Å². The second-order valence-electron chi connectivity index (χ2n) is 8.77. The molecule has 1 aliphatic heterocycles. The van der Waals surface area contributed by atoms with Crippen LogP contribution >= 0.6 is 11.3 Å². The number of fused-ring (bicyclic) bond motifs is 2. The van der Waals surface area contributed by atoms with Crippen molar-refractivity contribution in [3.05, 3.63) is 69.6 Å². The number of nitrogens with zero attached hydrogens (tertiary/aromatic N) is 5. The first kappa shape index (κ1) is 22.7. The Hall–Kier alpha value is -3.10. The van der Waals surface area contributed by atoms with E-state index in [1.54, 1.807) is 17.4 Å². The van der Waals surface area contributed by atoms with Crippen molar-refractivity contribution in [3.63, 3.8) is 0 Å². The van der Waals surface area contributed by atoms with Crippen LogP contribution in [0.1, 0.15) is 41.7 Å². The first-order valence-electron chi connectivity index (χ1n) is 12.0. The third kappa shape index (κ3) is 4.60. The molecule has 0 bridgehead atoms. The fourth-order valence-electron chi connectivity index (χ4n) is 4.49. The number of rotatable bonds is 7. The molecule has 3 heterocycles. The highest BCUT2D eigenvalue weighted by Gasteiger charge is 2.26. The lowest BCUT2D eigenvalue weighted by atomic mass is 10.1. The molecular weight excluding hydrogens is 446 g/mol. The number of carbonyl (C=O) groups excluding carboxylic acids is 1. The van der Waals surface area contributed by atoms with Crippen molar-refractivity contribution in [3.8, 4) is 0 Å². The molecule has 8 heteroatoms. The highest BCUT2D eigenvalue weighted by Crippen LogP contribution is 2.23. The molecule has 2 aromatic heterocycles. The number of amides is 1. The van der Waals surface area contributed by atoms with Gasteiger partial charge in [0.05, 0.1) is 22.1 Å². The number of hydrogen-bond acceptors (Lipinski definition) is 6. The van der Waals surface area contributed by atoms with Crippen molar-refractivity contribution in [2.75, 3.05) is 26.2 Å². The molecule has 1 aliphatic rings. The molecule has 4 aromatic rings. The molecule has 0 aliphatic carbocycles. The summed E-state index contributed by atoms with van der Waals surface area (Å²) in [6, 6.07) is 15.5. The smallest absolute Gasteiger partial charge is 0.275 e. The van der Waals surface area contributed by atoms with Crippen LogP contribution < -0.4 is 5.56 Å². The van der Waals surface area contributed by atoms with Gasteiger partial charge in [-0.05, 0) is 24.6 Å². The Bertz CT molecular complexity index is 1340. The Morgan fingerprint density at radius 1 is 0.971 bits per heavy atom. The van der Waals surface area contributed by atoms with Crippen LogP contribution in [0.5, 0.6) is 0 Å². The second kappa shape index (κ2) is 10.0. The molecule has 1 saturated heterocycles. The van der Waals surface area contributed by atoms with Crippen LogP contribution in [0.4, 0.5) is 0 Å². The minimum atomic E-state index is -0.121. The Kier molecular flexibility index (Phi) is 6.69. The first-order chi connectivity index (χ1) is 16.6. The topological polar surface area (TPSA) is 71.3 Å². The van der Waals surface area contributed by atoms with E-state index < -0.39 is 0 Å². The van der Waals surface area contributed by atoms with Crippen LogP contribution in [0, 0.1) is 0 Å². The first-order valence-corrected chi connectivity index (χ1v) is 12.8. The molecular formula is C26H29N5O2S. The maximum Gasteiger partial charge on any atom is 0.275 e.